The van der Waals surface area contributed by atoms with Gasteiger partial charge in [-0.2, -0.15) is 0 Å². The summed E-state index contributed by atoms with van der Waals surface area (Å²) in [6.45, 7) is 9.70. The Bertz CT molecular complexity index is 1150. The van der Waals surface area contributed by atoms with Crippen LogP contribution in [0, 0.1) is 0 Å². The fourth-order valence-corrected chi connectivity index (χ4v) is 6.13. The summed E-state index contributed by atoms with van der Waals surface area (Å²) >= 11 is 0. The first-order valence-electron chi connectivity index (χ1n) is 16.9. The average Bonchev–Trinajstić information content (AvgIpc) is 3.93. The molecule has 47 heavy (non-hydrogen) atoms. The quantitative estimate of drug-likeness (QED) is 0.124. The van der Waals surface area contributed by atoms with E-state index >= 15 is 0 Å². The predicted molar refractivity (Wildman–Crippen MR) is 175 cm³/mol. The van der Waals surface area contributed by atoms with Crippen LogP contribution < -0.4 is 0 Å². The first-order valence-corrected chi connectivity index (χ1v) is 16.9. The van der Waals surface area contributed by atoms with E-state index in [0.717, 1.165) is 36.0 Å². The molecule has 0 saturated carbocycles. The van der Waals surface area contributed by atoms with Gasteiger partial charge >= 0.3 is 0 Å². The lowest BCUT2D eigenvalue weighted by molar-refractivity contribution is -0.0634. The van der Waals surface area contributed by atoms with Crippen molar-refractivity contribution in [2.24, 2.45) is 0 Å². The van der Waals surface area contributed by atoms with E-state index in [1.165, 1.54) is 16.7 Å². The van der Waals surface area contributed by atoms with Gasteiger partial charge in [-0.15, -0.1) is 0 Å². The summed E-state index contributed by atoms with van der Waals surface area (Å²) in [6.07, 6.45) is 1.80. The molecule has 3 aromatic carbocycles. The van der Waals surface area contributed by atoms with E-state index in [4.69, 9.17) is 42.6 Å². The highest BCUT2D eigenvalue weighted by Crippen LogP contribution is 2.39. The van der Waals surface area contributed by atoms with Crippen molar-refractivity contribution in [3.05, 3.63) is 106 Å². The Morgan fingerprint density at radius 3 is 0.957 bits per heavy atom. The number of rotatable bonds is 18. The second-order valence-electron chi connectivity index (χ2n) is 12.3. The van der Waals surface area contributed by atoms with Crippen molar-refractivity contribution in [1.82, 2.24) is 0 Å². The molecule has 0 radical (unpaired) electrons. The number of hydrogen-bond acceptors (Lipinski definition) is 9. The molecule has 9 nitrogen and oxygen atoms in total. The predicted octanol–water partition coefficient (Wildman–Crippen LogP) is 5.88. The normalized spacial score (nSPS) is 18.1. The molecule has 0 unspecified atom stereocenters. The van der Waals surface area contributed by atoms with Crippen LogP contribution in [0.25, 0.3) is 0 Å². The Hall–Kier alpha value is -2.70. The molecule has 0 N–H and O–H groups in total. The van der Waals surface area contributed by atoms with Gasteiger partial charge in [-0.1, -0.05) is 72.8 Å². The molecule has 9 heteroatoms. The Kier molecular flexibility index (Phi) is 12.8. The van der Waals surface area contributed by atoms with Gasteiger partial charge in [0.05, 0.1) is 79.3 Å². The lowest BCUT2D eigenvalue weighted by atomic mass is 9.70. The van der Waals surface area contributed by atoms with Crippen LogP contribution in [0.3, 0.4) is 0 Å². The van der Waals surface area contributed by atoms with Crippen LogP contribution in [0.2, 0.25) is 0 Å². The van der Waals surface area contributed by atoms with Gasteiger partial charge in [0.2, 0.25) is 0 Å². The van der Waals surface area contributed by atoms with Gasteiger partial charge in [-0.25, -0.2) is 0 Å². The van der Waals surface area contributed by atoms with Crippen LogP contribution in [-0.2, 0) is 67.9 Å². The second-order valence-corrected chi connectivity index (χ2v) is 12.3. The highest BCUT2D eigenvalue weighted by atomic mass is 16.7. The van der Waals surface area contributed by atoms with Crippen LogP contribution in [0.5, 0.6) is 0 Å². The zero-order chi connectivity index (χ0) is 32.2. The van der Waals surface area contributed by atoms with Gasteiger partial charge in [0, 0.05) is 24.7 Å². The highest BCUT2D eigenvalue weighted by Gasteiger charge is 2.31. The number of hydrogen-bond donors (Lipinski definition) is 0. The minimum atomic E-state index is -0.385. The summed E-state index contributed by atoms with van der Waals surface area (Å²) in [5.41, 5.74) is 6.62. The number of ether oxygens (including phenoxy) is 9. The van der Waals surface area contributed by atoms with Gasteiger partial charge < -0.3 is 42.6 Å². The smallest absolute Gasteiger partial charge is 0.160 e. The van der Waals surface area contributed by atoms with Crippen molar-refractivity contribution in [3.63, 3.8) is 0 Å². The Labute approximate surface area is 278 Å². The fourth-order valence-electron chi connectivity index (χ4n) is 6.13. The molecule has 254 valence electrons. The summed E-state index contributed by atoms with van der Waals surface area (Å²) in [4.78, 5) is 0. The third-order valence-electron chi connectivity index (χ3n) is 8.97. The molecule has 3 aliphatic rings. The summed E-state index contributed by atoms with van der Waals surface area (Å²) in [6, 6.07) is 26.3. The third-order valence-corrected chi connectivity index (χ3v) is 8.97. The monoisotopic (exact) mass is 648 g/mol. The van der Waals surface area contributed by atoms with Crippen molar-refractivity contribution in [2.75, 3.05) is 59.5 Å². The Morgan fingerprint density at radius 2 is 0.702 bits per heavy atom. The summed E-state index contributed by atoms with van der Waals surface area (Å²) < 4.78 is 50.8. The van der Waals surface area contributed by atoms with Crippen LogP contribution in [0.4, 0.5) is 0 Å². The van der Waals surface area contributed by atoms with E-state index < -0.39 is 0 Å². The topological polar surface area (TPSA) is 83.1 Å². The minimum absolute atomic E-state index is 0.142. The molecule has 0 spiro atoms. The van der Waals surface area contributed by atoms with Crippen LogP contribution in [-0.4, -0.2) is 78.3 Å². The lowest BCUT2D eigenvalue weighted by Crippen LogP contribution is -2.25. The van der Waals surface area contributed by atoms with E-state index in [2.05, 4.69) is 79.7 Å². The first kappa shape index (κ1) is 34.2. The van der Waals surface area contributed by atoms with Crippen molar-refractivity contribution in [2.45, 2.75) is 70.3 Å². The Balaban J connectivity index is 1.11. The van der Waals surface area contributed by atoms with Gasteiger partial charge in [0.1, 0.15) is 0 Å². The van der Waals surface area contributed by atoms with E-state index in [1.54, 1.807) is 0 Å². The molecule has 3 aromatic rings. The van der Waals surface area contributed by atoms with E-state index in [-0.39, 0.29) is 24.3 Å². The summed E-state index contributed by atoms with van der Waals surface area (Å²) in [7, 11) is 0. The van der Waals surface area contributed by atoms with E-state index in [9.17, 15) is 0 Å². The summed E-state index contributed by atoms with van der Waals surface area (Å²) in [5, 5.41) is 0. The molecule has 0 atom stereocenters. The zero-order valence-electron chi connectivity index (χ0n) is 27.4. The van der Waals surface area contributed by atoms with Crippen molar-refractivity contribution in [1.29, 1.82) is 0 Å². The van der Waals surface area contributed by atoms with Crippen LogP contribution >= 0.6 is 0 Å². The highest BCUT2D eigenvalue weighted by molar-refractivity contribution is 5.50. The van der Waals surface area contributed by atoms with Crippen LogP contribution in [0.15, 0.2) is 72.8 Å². The van der Waals surface area contributed by atoms with Gasteiger partial charge in [-0.05, 0) is 40.3 Å². The Morgan fingerprint density at radius 1 is 0.447 bits per heavy atom. The fraction of sp³-hybridized carbons (Fsp3) is 0.526. The SMILES string of the molecule is CC(c1ccc(COCCC2OCCO2)cc1)(c1ccc(COCCC2OCCO2)cc1)c1ccc(COCCC2OCCO2)cc1. The maximum absolute atomic E-state index is 5.93. The molecule has 0 amide bonds. The van der Waals surface area contributed by atoms with Crippen molar-refractivity contribution in [3.8, 4) is 0 Å². The van der Waals surface area contributed by atoms with Crippen molar-refractivity contribution < 1.29 is 42.6 Å². The maximum atomic E-state index is 5.93. The van der Waals surface area contributed by atoms with E-state index in [1.807, 2.05) is 0 Å². The summed E-state index contributed by atoms with van der Waals surface area (Å²) in [5.74, 6) is 0. The molecule has 3 aliphatic heterocycles. The van der Waals surface area contributed by atoms with Gasteiger partial charge in [-0.3, -0.25) is 0 Å². The molecule has 6 rings (SSSR count). The standard InChI is InChI=1S/C38H48O9/c1-38(32-8-2-29(3-9-32)26-39-17-14-35-42-20-21-43-35,33-10-4-30(5-11-33)27-40-18-15-36-44-22-23-45-36)34-12-6-31(7-13-34)28-41-19-16-37-46-24-25-47-37/h2-13,35-37H,14-28H2,1H3. The zero-order valence-corrected chi connectivity index (χ0v) is 27.4. The third kappa shape index (κ3) is 9.69. The second kappa shape index (κ2) is 17.6. The molecular formula is C38H48O9. The molecular weight excluding hydrogens is 600 g/mol. The maximum Gasteiger partial charge on any atom is 0.160 e. The molecule has 0 aliphatic carbocycles. The average molecular weight is 649 g/mol. The van der Waals surface area contributed by atoms with E-state index in [0.29, 0.717) is 79.3 Å². The molecule has 0 bridgehead atoms. The molecule has 3 heterocycles. The number of benzene rings is 3. The molecule has 3 fully saturated rings. The minimum Gasteiger partial charge on any atom is -0.377 e. The molecule has 0 aromatic heterocycles. The van der Waals surface area contributed by atoms with Crippen molar-refractivity contribution >= 4 is 0 Å². The molecule has 3 saturated heterocycles. The van der Waals surface area contributed by atoms with Gasteiger partial charge in [0.15, 0.2) is 18.9 Å². The first-order chi connectivity index (χ1) is 23.2. The largest absolute Gasteiger partial charge is 0.377 e. The van der Waals surface area contributed by atoms with Gasteiger partial charge in [0.25, 0.3) is 0 Å². The lowest BCUT2D eigenvalue weighted by Gasteiger charge is -2.32. The van der Waals surface area contributed by atoms with Crippen LogP contribution in [0.1, 0.15) is 59.6 Å².